The van der Waals surface area contributed by atoms with E-state index in [1.807, 2.05) is 0 Å². The van der Waals surface area contributed by atoms with Crippen LogP contribution in [0.15, 0.2) is 0 Å². The van der Waals surface area contributed by atoms with E-state index in [0.717, 1.165) is 18.6 Å². The van der Waals surface area contributed by atoms with E-state index in [4.69, 9.17) is 4.74 Å². The van der Waals surface area contributed by atoms with Crippen LogP contribution in [-0.2, 0) is 4.74 Å². The third-order valence-corrected chi connectivity index (χ3v) is 4.11. The molecule has 2 heterocycles. The van der Waals surface area contributed by atoms with Crippen LogP contribution in [0.4, 0.5) is 0 Å². The first-order valence-corrected chi connectivity index (χ1v) is 6.59. The molecular weight excluding hydrogens is 186 g/mol. The van der Waals surface area contributed by atoms with Gasteiger partial charge in [0, 0.05) is 25.2 Å². The molecular formula is C13H25NO. The lowest BCUT2D eigenvalue weighted by atomic mass is 9.96. The molecule has 15 heavy (non-hydrogen) atoms. The molecule has 2 rings (SSSR count). The molecule has 0 aromatic heterocycles. The lowest BCUT2D eigenvalue weighted by Crippen LogP contribution is -2.35. The quantitative estimate of drug-likeness (QED) is 0.711. The summed E-state index contributed by atoms with van der Waals surface area (Å²) in [5, 5.41) is 0. The number of likely N-dealkylation sites (tertiary alicyclic amines) is 1. The molecule has 0 radical (unpaired) electrons. The maximum absolute atomic E-state index is 5.83. The van der Waals surface area contributed by atoms with E-state index in [0.29, 0.717) is 12.1 Å². The monoisotopic (exact) mass is 211 g/mol. The molecule has 0 saturated carbocycles. The van der Waals surface area contributed by atoms with Crippen LogP contribution in [0.3, 0.4) is 0 Å². The van der Waals surface area contributed by atoms with Crippen LogP contribution in [0.25, 0.3) is 0 Å². The molecule has 2 unspecified atom stereocenters. The van der Waals surface area contributed by atoms with Crippen molar-refractivity contribution in [3.05, 3.63) is 0 Å². The summed E-state index contributed by atoms with van der Waals surface area (Å²) in [6.07, 6.45) is 5.80. The summed E-state index contributed by atoms with van der Waals surface area (Å²) in [6, 6.07) is 1.50. The van der Waals surface area contributed by atoms with Gasteiger partial charge in [0.25, 0.3) is 0 Å². The Hall–Kier alpha value is -0.0800. The van der Waals surface area contributed by atoms with E-state index < -0.39 is 0 Å². The molecule has 2 saturated heterocycles. The van der Waals surface area contributed by atoms with Crippen molar-refractivity contribution in [2.45, 2.75) is 64.6 Å². The summed E-state index contributed by atoms with van der Waals surface area (Å²) in [5.41, 5.74) is 0. The fourth-order valence-electron chi connectivity index (χ4n) is 3.26. The highest BCUT2D eigenvalue weighted by molar-refractivity contribution is 4.90. The van der Waals surface area contributed by atoms with Crippen LogP contribution in [0.1, 0.15) is 46.5 Å². The van der Waals surface area contributed by atoms with E-state index in [-0.39, 0.29) is 0 Å². The zero-order valence-electron chi connectivity index (χ0n) is 10.4. The Balaban J connectivity index is 1.94. The summed E-state index contributed by atoms with van der Waals surface area (Å²) in [7, 11) is 0. The third kappa shape index (κ3) is 2.36. The first-order chi connectivity index (χ1) is 7.22. The normalized spacial score (nSPS) is 38.0. The van der Waals surface area contributed by atoms with Gasteiger partial charge in [-0.05, 0) is 45.4 Å². The molecule has 2 fully saturated rings. The highest BCUT2D eigenvalue weighted by Gasteiger charge is 2.37. The minimum Gasteiger partial charge on any atom is -0.378 e. The van der Waals surface area contributed by atoms with E-state index in [1.165, 1.54) is 32.2 Å². The van der Waals surface area contributed by atoms with Gasteiger partial charge >= 0.3 is 0 Å². The summed E-state index contributed by atoms with van der Waals surface area (Å²) in [4.78, 5) is 2.67. The molecule has 88 valence electrons. The van der Waals surface area contributed by atoms with Gasteiger partial charge in [0.05, 0.1) is 6.10 Å². The molecule has 0 aliphatic carbocycles. The number of rotatable bonds is 3. The number of nitrogens with zero attached hydrogens (tertiary/aromatic N) is 1. The molecule has 0 N–H and O–H groups in total. The molecule has 0 amide bonds. The minimum atomic E-state index is 0.572. The predicted octanol–water partition coefficient (Wildman–Crippen LogP) is 2.67. The van der Waals surface area contributed by atoms with E-state index in [2.05, 4.69) is 25.7 Å². The summed E-state index contributed by atoms with van der Waals surface area (Å²) in [5.74, 6) is 0.805. The summed E-state index contributed by atoms with van der Waals surface area (Å²) >= 11 is 0. The Bertz CT molecular complexity index is 199. The number of hydrogen-bond acceptors (Lipinski definition) is 2. The third-order valence-electron chi connectivity index (χ3n) is 4.11. The van der Waals surface area contributed by atoms with Crippen molar-refractivity contribution >= 4 is 0 Å². The first-order valence-electron chi connectivity index (χ1n) is 6.59. The molecule has 0 spiro atoms. The van der Waals surface area contributed by atoms with Gasteiger partial charge < -0.3 is 4.74 Å². The Labute approximate surface area is 94.0 Å². The SMILES string of the molecule is CC[C@@H]1CC(C2CCCO2)CN1C(C)C. The average molecular weight is 211 g/mol. The van der Waals surface area contributed by atoms with Gasteiger partial charge in [-0.15, -0.1) is 0 Å². The molecule has 2 heteroatoms. The molecule has 0 aromatic carbocycles. The molecule has 0 bridgehead atoms. The van der Waals surface area contributed by atoms with Gasteiger partial charge in [-0.3, -0.25) is 4.90 Å². The van der Waals surface area contributed by atoms with Crippen molar-refractivity contribution in [2.75, 3.05) is 13.2 Å². The van der Waals surface area contributed by atoms with Gasteiger partial charge in [0.15, 0.2) is 0 Å². The first kappa shape index (κ1) is 11.4. The van der Waals surface area contributed by atoms with Gasteiger partial charge in [0.2, 0.25) is 0 Å². The largest absolute Gasteiger partial charge is 0.378 e. The van der Waals surface area contributed by atoms with Gasteiger partial charge in [-0.1, -0.05) is 6.92 Å². The van der Waals surface area contributed by atoms with Crippen LogP contribution in [0, 0.1) is 5.92 Å². The second kappa shape index (κ2) is 4.84. The smallest absolute Gasteiger partial charge is 0.0616 e. The van der Waals surface area contributed by atoms with Crippen molar-refractivity contribution in [1.29, 1.82) is 0 Å². The maximum Gasteiger partial charge on any atom is 0.0616 e. The van der Waals surface area contributed by atoms with Gasteiger partial charge in [-0.25, -0.2) is 0 Å². The Kier molecular flexibility index (Phi) is 3.68. The molecule has 2 aliphatic rings. The average Bonchev–Trinajstić information content (AvgIpc) is 2.86. The minimum absolute atomic E-state index is 0.572. The molecule has 3 atom stereocenters. The lowest BCUT2D eigenvalue weighted by molar-refractivity contribution is 0.0642. The molecule has 2 aliphatic heterocycles. The Morgan fingerprint density at radius 2 is 2.20 bits per heavy atom. The van der Waals surface area contributed by atoms with Crippen molar-refractivity contribution < 1.29 is 4.74 Å². The van der Waals surface area contributed by atoms with E-state index in [1.54, 1.807) is 0 Å². The topological polar surface area (TPSA) is 12.5 Å². The standard InChI is InChI=1S/C13H25NO/c1-4-12-8-11(9-14(12)10(2)3)13-6-5-7-15-13/h10-13H,4-9H2,1-3H3/t11?,12-,13?/m1/s1. The zero-order chi connectivity index (χ0) is 10.8. The maximum atomic E-state index is 5.83. The van der Waals surface area contributed by atoms with Crippen molar-refractivity contribution in [2.24, 2.45) is 5.92 Å². The zero-order valence-corrected chi connectivity index (χ0v) is 10.4. The highest BCUT2D eigenvalue weighted by atomic mass is 16.5. The fourth-order valence-corrected chi connectivity index (χ4v) is 3.26. The van der Waals surface area contributed by atoms with E-state index in [9.17, 15) is 0 Å². The predicted molar refractivity (Wildman–Crippen MR) is 63.0 cm³/mol. The van der Waals surface area contributed by atoms with Crippen LogP contribution >= 0.6 is 0 Å². The Morgan fingerprint density at radius 1 is 1.40 bits per heavy atom. The van der Waals surface area contributed by atoms with Crippen LogP contribution < -0.4 is 0 Å². The van der Waals surface area contributed by atoms with Crippen LogP contribution in [0.5, 0.6) is 0 Å². The van der Waals surface area contributed by atoms with Gasteiger partial charge in [-0.2, -0.15) is 0 Å². The Morgan fingerprint density at radius 3 is 2.67 bits per heavy atom. The molecule has 0 aromatic rings. The van der Waals surface area contributed by atoms with E-state index >= 15 is 0 Å². The highest BCUT2D eigenvalue weighted by Crippen LogP contribution is 2.33. The lowest BCUT2D eigenvalue weighted by Gasteiger charge is -2.27. The summed E-state index contributed by atoms with van der Waals surface area (Å²) < 4.78 is 5.83. The van der Waals surface area contributed by atoms with Crippen molar-refractivity contribution in [3.63, 3.8) is 0 Å². The second-order valence-electron chi connectivity index (χ2n) is 5.40. The number of ether oxygens (including phenoxy) is 1. The fraction of sp³-hybridized carbons (Fsp3) is 1.00. The van der Waals surface area contributed by atoms with Crippen molar-refractivity contribution in [3.8, 4) is 0 Å². The van der Waals surface area contributed by atoms with Crippen LogP contribution in [0.2, 0.25) is 0 Å². The van der Waals surface area contributed by atoms with Gasteiger partial charge in [0.1, 0.15) is 0 Å². The number of hydrogen-bond donors (Lipinski definition) is 0. The molecule has 2 nitrogen and oxygen atoms in total. The second-order valence-corrected chi connectivity index (χ2v) is 5.40. The van der Waals surface area contributed by atoms with Crippen molar-refractivity contribution in [1.82, 2.24) is 4.90 Å². The van der Waals surface area contributed by atoms with Crippen LogP contribution in [-0.4, -0.2) is 36.2 Å². The summed E-state index contributed by atoms with van der Waals surface area (Å²) in [6.45, 7) is 9.22.